The number of benzene rings is 2. The standard InChI is InChI=1S/C17H18ClFN2O/c1-4-12-7-5-6-10(2)16(12)21-17(22)20-15-8-11(3)14(19)9-13(15)18/h5-9H,4H2,1-3H3,(H2,20,21,22). The van der Waals surface area contributed by atoms with Gasteiger partial charge in [0.25, 0.3) is 0 Å². The summed E-state index contributed by atoms with van der Waals surface area (Å²) in [6.45, 7) is 5.58. The summed E-state index contributed by atoms with van der Waals surface area (Å²) in [5.41, 5.74) is 3.62. The fraction of sp³-hybridized carbons (Fsp3) is 0.235. The Bertz CT molecular complexity index is 716. The van der Waals surface area contributed by atoms with Gasteiger partial charge in [0.2, 0.25) is 0 Å². The van der Waals surface area contributed by atoms with Crippen molar-refractivity contribution in [3.8, 4) is 0 Å². The first-order chi connectivity index (χ1) is 10.4. The molecular weight excluding hydrogens is 303 g/mol. The maximum absolute atomic E-state index is 13.4. The van der Waals surface area contributed by atoms with E-state index in [1.807, 2.05) is 32.0 Å². The van der Waals surface area contributed by atoms with E-state index in [1.54, 1.807) is 6.92 Å². The first-order valence-corrected chi connectivity index (χ1v) is 7.42. The van der Waals surface area contributed by atoms with Gasteiger partial charge in [-0.2, -0.15) is 0 Å². The molecule has 0 atom stereocenters. The third kappa shape index (κ3) is 3.57. The number of carbonyl (C=O) groups excluding carboxylic acids is 1. The molecule has 2 amide bonds. The molecule has 2 rings (SSSR count). The summed E-state index contributed by atoms with van der Waals surface area (Å²) in [5, 5.41) is 5.66. The van der Waals surface area contributed by atoms with Crippen LogP contribution in [0, 0.1) is 19.7 Å². The predicted molar refractivity (Wildman–Crippen MR) is 89.3 cm³/mol. The number of urea groups is 1. The molecule has 0 unspecified atom stereocenters. The second-order valence-corrected chi connectivity index (χ2v) is 5.53. The summed E-state index contributed by atoms with van der Waals surface area (Å²) in [4.78, 5) is 12.2. The van der Waals surface area contributed by atoms with E-state index in [2.05, 4.69) is 10.6 Å². The van der Waals surface area contributed by atoms with Crippen LogP contribution in [0.25, 0.3) is 0 Å². The van der Waals surface area contributed by atoms with Gasteiger partial charge in [-0.05, 0) is 49.1 Å². The highest BCUT2D eigenvalue weighted by Gasteiger charge is 2.11. The molecule has 2 N–H and O–H groups in total. The van der Waals surface area contributed by atoms with Crippen molar-refractivity contribution in [1.29, 1.82) is 0 Å². The second kappa shape index (κ2) is 6.79. The Morgan fingerprint density at radius 1 is 1.18 bits per heavy atom. The van der Waals surface area contributed by atoms with Gasteiger partial charge in [-0.15, -0.1) is 0 Å². The molecule has 0 saturated heterocycles. The van der Waals surface area contributed by atoms with Crippen LogP contribution < -0.4 is 10.6 Å². The summed E-state index contributed by atoms with van der Waals surface area (Å²) in [5.74, 6) is -0.400. The molecule has 3 nitrogen and oxygen atoms in total. The van der Waals surface area contributed by atoms with Crippen LogP contribution in [0.2, 0.25) is 5.02 Å². The van der Waals surface area contributed by atoms with Gasteiger partial charge in [-0.25, -0.2) is 9.18 Å². The third-order valence-corrected chi connectivity index (χ3v) is 3.79. The van der Waals surface area contributed by atoms with E-state index in [1.165, 1.54) is 12.1 Å². The van der Waals surface area contributed by atoms with Crippen LogP contribution in [0.15, 0.2) is 30.3 Å². The van der Waals surface area contributed by atoms with Gasteiger partial charge in [0.05, 0.1) is 10.7 Å². The number of hydrogen-bond acceptors (Lipinski definition) is 1. The highest BCUT2D eigenvalue weighted by molar-refractivity contribution is 6.33. The number of carbonyl (C=O) groups is 1. The minimum absolute atomic E-state index is 0.166. The number of aryl methyl sites for hydroxylation is 3. The summed E-state index contributed by atoms with van der Waals surface area (Å²) in [7, 11) is 0. The summed E-state index contributed by atoms with van der Waals surface area (Å²) in [6, 6.07) is 8.16. The molecule has 0 saturated carbocycles. The minimum atomic E-state index is -0.406. The topological polar surface area (TPSA) is 41.1 Å². The molecule has 0 spiro atoms. The summed E-state index contributed by atoms with van der Waals surface area (Å²) < 4.78 is 13.4. The molecule has 2 aromatic rings. The zero-order valence-corrected chi connectivity index (χ0v) is 13.5. The SMILES string of the molecule is CCc1cccc(C)c1NC(=O)Nc1cc(C)c(F)cc1Cl. The van der Waals surface area contributed by atoms with Gasteiger partial charge in [0.1, 0.15) is 5.82 Å². The minimum Gasteiger partial charge on any atom is -0.307 e. The number of halogens is 2. The van der Waals surface area contributed by atoms with Crippen molar-refractivity contribution in [3.63, 3.8) is 0 Å². The van der Waals surface area contributed by atoms with Crippen molar-refractivity contribution in [2.45, 2.75) is 27.2 Å². The van der Waals surface area contributed by atoms with E-state index >= 15 is 0 Å². The van der Waals surface area contributed by atoms with Crippen LogP contribution in [-0.4, -0.2) is 6.03 Å². The average molecular weight is 321 g/mol. The van der Waals surface area contributed by atoms with Crippen LogP contribution in [-0.2, 0) is 6.42 Å². The molecule has 5 heteroatoms. The van der Waals surface area contributed by atoms with Crippen molar-refractivity contribution >= 4 is 29.0 Å². The second-order valence-electron chi connectivity index (χ2n) is 5.12. The molecule has 0 aromatic heterocycles. The van der Waals surface area contributed by atoms with Crippen LogP contribution in [0.1, 0.15) is 23.6 Å². The molecular formula is C17H18ClFN2O. The summed E-state index contributed by atoms with van der Waals surface area (Å²) >= 11 is 5.96. The van der Waals surface area contributed by atoms with Crippen molar-refractivity contribution in [2.75, 3.05) is 10.6 Å². The fourth-order valence-corrected chi connectivity index (χ4v) is 2.42. The van der Waals surface area contributed by atoms with Gasteiger partial charge in [-0.3, -0.25) is 0 Å². The fourth-order valence-electron chi connectivity index (χ4n) is 2.22. The number of amides is 2. The Kier molecular flexibility index (Phi) is 5.03. The maximum atomic E-state index is 13.4. The predicted octanol–water partition coefficient (Wildman–Crippen LogP) is 5.30. The van der Waals surface area contributed by atoms with Gasteiger partial charge in [-0.1, -0.05) is 36.7 Å². The van der Waals surface area contributed by atoms with E-state index in [0.29, 0.717) is 11.3 Å². The Balaban J connectivity index is 2.20. The number of anilines is 2. The van der Waals surface area contributed by atoms with Gasteiger partial charge < -0.3 is 10.6 Å². The van der Waals surface area contributed by atoms with E-state index in [-0.39, 0.29) is 5.02 Å². The molecule has 116 valence electrons. The number of para-hydroxylation sites is 1. The molecule has 0 fully saturated rings. The molecule has 2 aromatic carbocycles. The van der Waals surface area contributed by atoms with Crippen LogP contribution >= 0.6 is 11.6 Å². The van der Waals surface area contributed by atoms with Crippen molar-refractivity contribution in [1.82, 2.24) is 0 Å². The number of hydrogen-bond donors (Lipinski definition) is 2. The van der Waals surface area contributed by atoms with Crippen molar-refractivity contribution in [2.24, 2.45) is 0 Å². The molecule has 0 aliphatic rings. The van der Waals surface area contributed by atoms with E-state index < -0.39 is 11.8 Å². The van der Waals surface area contributed by atoms with Gasteiger partial charge in [0, 0.05) is 5.69 Å². The quantitative estimate of drug-likeness (QED) is 0.791. The summed E-state index contributed by atoms with van der Waals surface area (Å²) in [6.07, 6.45) is 0.813. The Hall–Kier alpha value is -2.07. The van der Waals surface area contributed by atoms with Gasteiger partial charge in [0.15, 0.2) is 0 Å². The highest BCUT2D eigenvalue weighted by atomic mass is 35.5. The lowest BCUT2D eigenvalue weighted by atomic mass is 10.1. The number of nitrogens with one attached hydrogen (secondary N) is 2. The smallest absolute Gasteiger partial charge is 0.307 e. The van der Waals surface area contributed by atoms with Crippen molar-refractivity contribution in [3.05, 3.63) is 57.9 Å². The first-order valence-electron chi connectivity index (χ1n) is 7.04. The number of rotatable bonds is 3. The lowest BCUT2D eigenvalue weighted by Gasteiger charge is -2.14. The molecule has 22 heavy (non-hydrogen) atoms. The average Bonchev–Trinajstić information content (AvgIpc) is 2.47. The molecule has 0 heterocycles. The largest absolute Gasteiger partial charge is 0.323 e. The maximum Gasteiger partial charge on any atom is 0.323 e. The van der Waals surface area contributed by atoms with Crippen molar-refractivity contribution < 1.29 is 9.18 Å². The zero-order chi connectivity index (χ0) is 16.3. The molecule has 0 radical (unpaired) electrons. The van der Waals surface area contributed by atoms with Gasteiger partial charge >= 0.3 is 6.03 Å². The molecule has 0 aliphatic heterocycles. The van der Waals surface area contributed by atoms with E-state index in [0.717, 1.165) is 23.2 Å². The van der Waals surface area contributed by atoms with Crippen LogP contribution in [0.3, 0.4) is 0 Å². The van der Waals surface area contributed by atoms with Crippen LogP contribution in [0.4, 0.5) is 20.6 Å². The van der Waals surface area contributed by atoms with E-state index in [9.17, 15) is 9.18 Å². The van der Waals surface area contributed by atoms with E-state index in [4.69, 9.17) is 11.6 Å². The highest BCUT2D eigenvalue weighted by Crippen LogP contribution is 2.26. The molecule has 0 aliphatic carbocycles. The first kappa shape index (κ1) is 16.3. The van der Waals surface area contributed by atoms with Crippen LogP contribution in [0.5, 0.6) is 0 Å². The lowest BCUT2D eigenvalue weighted by molar-refractivity contribution is 0.262. The lowest BCUT2D eigenvalue weighted by Crippen LogP contribution is -2.21. The molecule has 0 bridgehead atoms. The zero-order valence-electron chi connectivity index (χ0n) is 12.8. The Morgan fingerprint density at radius 3 is 2.59 bits per heavy atom. The third-order valence-electron chi connectivity index (χ3n) is 3.48. The normalized spacial score (nSPS) is 10.4. The Morgan fingerprint density at radius 2 is 1.91 bits per heavy atom. The Labute approximate surface area is 134 Å². The monoisotopic (exact) mass is 320 g/mol.